The van der Waals surface area contributed by atoms with Gasteiger partial charge in [-0.1, -0.05) is 39.5 Å². The van der Waals surface area contributed by atoms with Crippen molar-refractivity contribution in [1.29, 1.82) is 0 Å². The second kappa shape index (κ2) is 21.0. The van der Waals surface area contributed by atoms with Crippen LogP contribution in [0.15, 0.2) is 86.5 Å². The lowest BCUT2D eigenvalue weighted by Crippen LogP contribution is -2.31. The summed E-state index contributed by atoms with van der Waals surface area (Å²) in [4.78, 5) is 80.4. The van der Waals surface area contributed by atoms with Crippen molar-refractivity contribution in [2.45, 2.75) is 71.8 Å². The van der Waals surface area contributed by atoms with Crippen molar-refractivity contribution in [2.24, 2.45) is 10.2 Å². The highest BCUT2D eigenvalue weighted by Crippen LogP contribution is 2.21. The van der Waals surface area contributed by atoms with Crippen molar-refractivity contribution in [3.63, 3.8) is 0 Å². The molecule has 0 bridgehead atoms. The van der Waals surface area contributed by atoms with Gasteiger partial charge >= 0.3 is 11.4 Å². The third-order valence-electron chi connectivity index (χ3n) is 8.98. The topological polar surface area (TPSA) is 235 Å². The zero-order chi connectivity index (χ0) is 40.6. The molecule has 57 heavy (non-hydrogen) atoms. The highest BCUT2D eigenvalue weighted by molar-refractivity contribution is 6.10. The zero-order valence-corrected chi connectivity index (χ0v) is 32.5. The molecule has 300 valence electrons. The van der Waals surface area contributed by atoms with Crippen LogP contribution >= 0.6 is 0 Å². The standard InChI is InChI=1S/C40H50N12O5/c1-4-6-8-22-52(23-9-7-5-2)24-10-21-41-35(54)27-11-13-28(14-12-27)43-37-47-38(49-40(57)48-37)44-29-15-17-30(18-16-29)50-51-34(26(3)53)36(55)42-31-19-20-32-33(25-31)46-39(56)45-32/h11-20,25,34H,4-10,21-24H2,1-3H3,(H,41,54)(H,42,55)(H2,45,46,56)(H3,43,44,47,48,49,57). The van der Waals surface area contributed by atoms with Crippen molar-refractivity contribution in [2.75, 3.05) is 42.1 Å². The van der Waals surface area contributed by atoms with Gasteiger partial charge in [0.2, 0.25) is 17.9 Å². The number of Topliss-reactive ketones (excluding diaryl/α,β-unsaturated/α-hetero) is 1. The summed E-state index contributed by atoms with van der Waals surface area (Å²) >= 11 is 0. The highest BCUT2D eigenvalue weighted by atomic mass is 16.2. The van der Waals surface area contributed by atoms with E-state index in [0.717, 1.165) is 26.1 Å². The number of benzene rings is 3. The first kappa shape index (κ1) is 41.7. The minimum absolute atomic E-state index is 0.0427. The fourth-order valence-electron chi connectivity index (χ4n) is 5.96. The summed E-state index contributed by atoms with van der Waals surface area (Å²) in [5.41, 5.74) is 2.44. The first-order valence-electron chi connectivity index (χ1n) is 19.3. The van der Waals surface area contributed by atoms with Crippen LogP contribution in [-0.4, -0.2) is 79.6 Å². The number of aromatic amines is 3. The summed E-state index contributed by atoms with van der Waals surface area (Å²) in [6.45, 7) is 9.44. The molecule has 17 heteroatoms. The van der Waals surface area contributed by atoms with Gasteiger partial charge in [0.15, 0.2) is 5.78 Å². The Kier molecular flexibility index (Phi) is 15.3. The molecule has 3 aromatic carbocycles. The molecular formula is C40H50N12O5. The minimum atomic E-state index is -1.40. The molecule has 0 fully saturated rings. The van der Waals surface area contributed by atoms with E-state index in [1.165, 1.54) is 45.4 Å². The molecule has 2 amide bonds. The van der Waals surface area contributed by atoms with Gasteiger partial charge in [-0.05, 0) is 113 Å². The van der Waals surface area contributed by atoms with E-state index >= 15 is 0 Å². The molecule has 1 atom stereocenters. The molecular weight excluding hydrogens is 729 g/mol. The molecule has 0 aliphatic rings. The Morgan fingerprint density at radius 1 is 0.737 bits per heavy atom. The predicted octanol–water partition coefficient (Wildman–Crippen LogP) is 6.30. The number of nitrogens with one attached hydrogen (secondary N) is 7. The predicted molar refractivity (Wildman–Crippen MR) is 221 cm³/mol. The number of nitrogens with zero attached hydrogens (tertiary/aromatic N) is 5. The van der Waals surface area contributed by atoms with Crippen LogP contribution in [0.2, 0.25) is 0 Å². The van der Waals surface area contributed by atoms with Gasteiger partial charge in [-0.2, -0.15) is 20.2 Å². The number of azo groups is 1. The molecule has 0 spiro atoms. The number of carbonyl (C=O) groups excluding carboxylic acids is 3. The number of hydrogen-bond donors (Lipinski definition) is 7. The molecule has 2 aromatic heterocycles. The lowest BCUT2D eigenvalue weighted by Gasteiger charge is -2.22. The summed E-state index contributed by atoms with van der Waals surface area (Å²) in [6, 6.07) is 16.7. The Bertz CT molecular complexity index is 2240. The smallest absolute Gasteiger partial charge is 0.351 e. The number of anilines is 5. The van der Waals surface area contributed by atoms with E-state index in [-0.39, 0.29) is 23.5 Å². The van der Waals surface area contributed by atoms with Crippen molar-refractivity contribution < 1.29 is 14.4 Å². The van der Waals surface area contributed by atoms with Gasteiger partial charge < -0.3 is 36.1 Å². The Labute approximate surface area is 329 Å². The Morgan fingerprint density at radius 2 is 1.37 bits per heavy atom. The first-order chi connectivity index (χ1) is 27.6. The summed E-state index contributed by atoms with van der Waals surface area (Å²) in [5.74, 6) is -1.18. The lowest BCUT2D eigenvalue weighted by atomic mass is 10.2. The van der Waals surface area contributed by atoms with Gasteiger partial charge in [0.1, 0.15) is 0 Å². The van der Waals surface area contributed by atoms with Crippen LogP contribution in [0, 0.1) is 0 Å². The van der Waals surface area contributed by atoms with E-state index in [1.54, 1.807) is 66.7 Å². The maximum Gasteiger partial charge on any atom is 0.351 e. The maximum absolute atomic E-state index is 12.9. The largest absolute Gasteiger partial charge is 0.352 e. The van der Waals surface area contributed by atoms with Crippen molar-refractivity contribution in [3.05, 3.63) is 93.3 Å². The second-order valence-electron chi connectivity index (χ2n) is 13.6. The third-order valence-corrected chi connectivity index (χ3v) is 8.98. The monoisotopic (exact) mass is 778 g/mol. The Balaban J connectivity index is 1.11. The molecule has 0 aliphatic heterocycles. The van der Waals surface area contributed by atoms with Gasteiger partial charge in [0, 0.05) is 29.2 Å². The highest BCUT2D eigenvalue weighted by Gasteiger charge is 2.23. The number of ketones is 1. The minimum Gasteiger partial charge on any atom is -0.352 e. The Morgan fingerprint density at radius 3 is 2.05 bits per heavy atom. The van der Waals surface area contributed by atoms with E-state index < -0.39 is 23.4 Å². The zero-order valence-electron chi connectivity index (χ0n) is 32.5. The molecule has 0 saturated heterocycles. The van der Waals surface area contributed by atoms with Crippen molar-refractivity contribution in [1.82, 2.24) is 35.1 Å². The molecule has 7 N–H and O–H groups in total. The van der Waals surface area contributed by atoms with E-state index in [9.17, 15) is 24.0 Å². The fourth-order valence-corrected chi connectivity index (χ4v) is 5.96. The number of aromatic nitrogens is 5. The average molecular weight is 779 g/mol. The van der Waals surface area contributed by atoms with Gasteiger partial charge in [-0.15, -0.1) is 0 Å². The van der Waals surface area contributed by atoms with Crippen LogP contribution in [0.3, 0.4) is 0 Å². The summed E-state index contributed by atoms with van der Waals surface area (Å²) in [5, 5.41) is 19.7. The molecule has 17 nitrogen and oxygen atoms in total. The van der Waals surface area contributed by atoms with Gasteiger partial charge in [0.05, 0.1) is 16.7 Å². The molecule has 0 saturated carbocycles. The number of H-pyrrole nitrogens is 3. The average Bonchev–Trinajstić information content (AvgIpc) is 3.56. The second-order valence-corrected chi connectivity index (χ2v) is 13.6. The summed E-state index contributed by atoms with van der Waals surface area (Å²) in [6.07, 6.45) is 8.17. The summed E-state index contributed by atoms with van der Waals surface area (Å²) in [7, 11) is 0. The van der Waals surface area contributed by atoms with Crippen LogP contribution in [0.1, 0.15) is 76.1 Å². The van der Waals surface area contributed by atoms with Crippen LogP contribution in [0.25, 0.3) is 11.0 Å². The lowest BCUT2D eigenvalue weighted by molar-refractivity contribution is -0.126. The number of fused-ring (bicyclic) bond motifs is 1. The van der Waals surface area contributed by atoms with Gasteiger partial charge in [0.25, 0.3) is 11.8 Å². The van der Waals surface area contributed by atoms with Crippen LogP contribution < -0.4 is 32.6 Å². The quantitative estimate of drug-likeness (QED) is 0.0235. The number of amides is 2. The normalized spacial score (nSPS) is 11.9. The number of unbranched alkanes of at least 4 members (excludes halogenated alkanes) is 4. The van der Waals surface area contributed by atoms with Crippen LogP contribution in [0.5, 0.6) is 0 Å². The molecule has 0 aliphatic carbocycles. The molecule has 2 heterocycles. The number of imidazole rings is 1. The van der Waals surface area contributed by atoms with Crippen molar-refractivity contribution in [3.8, 4) is 0 Å². The van der Waals surface area contributed by atoms with Gasteiger partial charge in [-0.3, -0.25) is 19.4 Å². The van der Waals surface area contributed by atoms with E-state index in [0.29, 0.717) is 45.9 Å². The van der Waals surface area contributed by atoms with Gasteiger partial charge in [-0.25, -0.2) is 9.59 Å². The molecule has 0 radical (unpaired) electrons. The Hall–Kier alpha value is -6.49. The fraction of sp³-hybridized carbons (Fsp3) is 0.375. The van der Waals surface area contributed by atoms with Crippen LogP contribution in [0.4, 0.5) is 34.6 Å². The molecule has 5 rings (SSSR count). The third kappa shape index (κ3) is 13.1. The summed E-state index contributed by atoms with van der Waals surface area (Å²) < 4.78 is 0. The van der Waals surface area contributed by atoms with E-state index in [4.69, 9.17) is 0 Å². The van der Waals surface area contributed by atoms with Crippen molar-refractivity contribution >= 4 is 63.3 Å². The van der Waals surface area contributed by atoms with E-state index in [2.05, 4.69) is 75.2 Å². The molecule has 5 aromatic rings. The molecule has 1 unspecified atom stereocenters. The number of hydrogen-bond acceptors (Lipinski definition) is 12. The van der Waals surface area contributed by atoms with Crippen LogP contribution in [-0.2, 0) is 9.59 Å². The first-order valence-corrected chi connectivity index (χ1v) is 19.3. The van der Waals surface area contributed by atoms with E-state index in [1.807, 2.05) is 0 Å². The number of rotatable bonds is 22. The maximum atomic E-state index is 12.9. The SMILES string of the molecule is CCCCCN(CCCCC)CCCNC(=O)c1ccc(Nc2nc(Nc3ccc(N=NC(C(C)=O)C(=O)Nc4ccc5[nH]c(=O)[nH]c5c4)cc3)[nH]c(=O)n2)cc1. The number of carbonyl (C=O) groups is 3.